The Kier molecular flexibility index (Phi) is 5.49. The molecule has 0 aliphatic heterocycles. The average Bonchev–Trinajstić information content (AvgIpc) is 2.37. The van der Waals surface area contributed by atoms with Crippen molar-refractivity contribution >= 4 is 17.7 Å². The molecule has 0 saturated heterocycles. The number of hydrogen-bond donors (Lipinski definition) is 1. The van der Waals surface area contributed by atoms with Crippen LogP contribution in [0.15, 0.2) is 12.3 Å². The molecule has 0 fully saturated rings. The highest BCUT2D eigenvalue weighted by atomic mass is 16.4. The van der Waals surface area contributed by atoms with Crippen LogP contribution < -0.4 is 4.90 Å². The van der Waals surface area contributed by atoms with E-state index in [1.54, 1.807) is 27.1 Å². The molecule has 1 aromatic rings. The zero-order valence-corrected chi connectivity index (χ0v) is 12.4. The Morgan fingerprint density at radius 3 is 2.45 bits per heavy atom. The summed E-state index contributed by atoms with van der Waals surface area (Å²) in [7, 11) is 3.42. The first-order chi connectivity index (χ1) is 9.36. The quantitative estimate of drug-likeness (QED) is 0.852. The summed E-state index contributed by atoms with van der Waals surface area (Å²) in [6, 6.07) is 1.58. The van der Waals surface area contributed by atoms with E-state index in [1.165, 1.54) is 11.1 Å². The van der Waals surface area contributed by atoms with E-state index < -0.39 is 5.97 Å². The lowest BCUT2D eigenvalue weighted by atomic mass is 10.2. The van der Waals surface area contributed by atoms with Crippen molar-refractivity contribution in [1.82, 2.24) is 9.88 Å². The average molecular weight is 279 g/mol. The van der Waals surface area contributed by atoms with Crippen molar-refractivity contribution in [3.8, 4) is 0 Å². The van der Waals surface area contributed by atoms with E-state index in [9.17, 15) is 9.59 Å². The number of aromatic nitrogens is 1. The van der Waals surface area contributed by atoms with Gasteiger partial charge in [0.25, 0.3) is 0 Å². The predicted octanol–water partition coefficient (Wildman–Crippen LogP) is 1.39. The van der Waals surface area contributed by atoms with Crippen molar-refractivity contribution in [2.45, 2.75) is 20.3 Å². The Hall–Kier alpha value is -2.11. The van der Waals surface area contributed by atoms with Crippen LogP contribution in [0.4, 0.5) is 5.82 Å². The Balaban J connectivity index is 3.02. The first kappa shape index (κ1) is 15.9. The van der Waals surface area contributed by atoms with E-state index in [1.807, 2.05) is 11.8 Å². The summed E-state index contributed by atoms with van der Waals surface area (Å²) in [4.78, 5) is 30.4. The zero-order valence-electron chi connectivity index (χ0n) is 12.4. The van der Waals surface area contributed by atoms with Gasteiger partial charge in [-0.25, -0.2) is 9.78 Å². The molecule has 1 rings (SSSR count). The molecule has 0 radical (unpaired) electrons. The van der Waals surface area contributed by atoms with E-state index in [2.05, 4.69) is 4.98 Å². The van der Waals surface area contributed by atoms with Crippen molar-refractivity contribution in [2.24, 2.45) is 0 Å². The summed E-state index contributed by atoms with van der Waals surface area (Å²) in [5, 5.41) is 8.95. The van der Waals surface area contributed by atoms with Crippen LogP contribution in [0, 0.1) is 6.92 Å². The molecule has 1 heterocycles. The Labute approximate surface area is 119 Å². The molecule has 0 aromatic carbocycles. The zero-order chi connectivity index (χ0) is 15.3. The summed E-state index contributed by atoms with van der Waals surface area (Å²) >= 11 is 0. The molecule has 6 nitrogen and oxygen atoms in total. The minimum absolute atomic E-state index is 0.0121. The Bertz CT molecular complexity index is 500. The van der Waals surface area contributed by atoms with E-state index >= 15 is 0 Å². The Morgan fingerprint density at radius 2 is 2.00 bits per heavy atom. The first-order valence-electron chi connectivity index (χ1n) is 6.51. The van der Waals surface area contributed by atoms with Gasteiger partial charge in [0.2, 0.25) is 5.91 Å². The number of carboxylic acids is 1. The number of carbonyl (C=O) groups is 2. The van der Waals surface area contributed by atoms with Crippen molar-refractivity contribution in [1.29, 1.82) is 0 Å². The minimum Gasteiger partial charge on any atom is -0.478 e. The second-order valence-electron chi connectivity index (χ2n) is 4.88. The molecule has 6 heteroatoms. The normalized spacial score (nSPS) is 10.2. The monoisotopic (exact) mass is 279 g/mol. The summed E-state index contributed by atoms with van der Waals surface area (Å²) < 4.78 is 0. The highest BCUT2D eigenvalue weighted by Crippen LogP contribution is 2.18. The second kappa shape index (κ2) is 6.88. The largest absolute Gasteiger partial charge is 0.478 e. The standard InChI is InChI=1S/C14H21N3O3/c1-5-6-17(9-12(18)16(3)4)13-10(2)7-11(8-15-13)14(19)20/h7-8H,5-6,9H2,1-4H3,(H,19,20). The predicted molar refractivity (Wildman–Crippen MR) is 77.1 cm³/mol. The molecule has 0 unspecified atom stereocenters. The number of anilines is 1. The van der Waals surface area contributed by atoms with Crippen molar-refractivity contribution in [3.05, 3.63) is 23.4 Å². The van der Waals surface area contributed by atoms with Crippen molar-refractivity contribution in [3.63, 3.8) is 0 Å². The third-order valence-corrected chi connectivity index (χ3v) is 2.92. The van der Waals surface area contributed by atoms with Gasteiger partial charge in [-0.05, 0) is 25.0 Å². The van der Waals surface area contributed by atoms with Crippen LogP contribution in [-0.4, -0.2) is 54.1 Å². The molecular weight excluding hydrogens is 258 g/mol. The van der Waals surface area contributed by atoms with Crippen LogP contribution >= 0.6 is 0 Å². The van der Waals surface area contributed by atoms with Gasteiger partial charge < -0.3 is 14.9 Å². The molecule has 0 atom stereocenters. The SMILES string of the molecule is CCCN(CC(=O)N(C)C)c1ncc(C(=O)O)cc1C. The van der Waals surface area contributed by atoms with Gasteiger partial charge in [-0.15, -0.1) is 0 Å². The molecule has 0 bridgehead atoms. The number of aromatic carboxylic acids is 1. The van der Waals surface area contributed by atoms with Gasteiger partial charge in [0.05, 0.1) is 12.1 Å². The number of amides is 1. The van der Waals surface area contributed by atoms with E-state index in [-0.39, 0.29) is 18.0 Å². The molecule has 1 amide bonds. The molecule has 0 spiro atoms. The van der Waals surface area contributed by atoms with Crippen molar-refractivity contribution < 1.29 is 14.7 Å². The maximum absolute atomic E-state index is 11.9. The minimum atomic E-state index is -1.00. The summed E-state index contributed by atoms with van der Waals surface area (Å²) in [5.41, 5.74) is 0.909. The Morgan fingerprint density at radius 1 is 1.35 bits per heavy atom. The highest BCUT2D eigenvalue weighted by molar-refractivity contribution is 5.88. The maximum Gasteiger partial charge on any atom is 0.337 e. The van der Waals surface area contributed by atoms with Gasteiger partial charge in [0, 0.05) is 26.8 Å². The fourth-order valence-corrected chi connectivity index (χ4v) is 1.85. The number of pyridine rings is 1. The maximum atomic E-state index is 11.9. The second-order valence-corrected chi connectivity index (χ2v) is 4.88. The van der Waals surface area contributed by atoms with Gasteiger partial charge >= 0.3 is 5.97 Å². The van der Waals surface area contributed by atoms with Gasteiger partial charge in [0.1, 0.15) is 5.82 Å². The number of rotatable bonds is 6. The van der Waals surface area contributed by atoms with Gasteiger partial charge in [0.15, 0.2) is 0 Å². The van der Waals surface area contributed by atoms with E-state index in [0.717, 1.165) is 12.0 Å². The third kappa shape index (κ3) is 3.94. The number of hydrogen-bond acceptors (Lipinski definition) is 4. The molecule has 0 saturated carbocycles. The molecule has 1 N–H and O–H groups in total. The van der Waals surface area contributed by atoms with Crippen LogP contribution in [0.5, 0.6) is 0 Å². The van der Waals surface area contributed by atoms with Crippen LogP contribution in [0.2, 0.25) is 0 Å². The number of aryl methyl sites for hydroxylation is 1. The third-order valence-electron chi connectivity index (χ3n) is 2.92. The van der Waals surface area contributed by atoms with Crippen LogP contribution in [0.1, 0.15) is 29.3 Å². The van der Waals surface area contributed by atoms with Gasteiger partial charge in [-0.3, -0.25) is 4.79 Å². The molecule has 1 aromatic heterocycles. The fraction of sp³-hybridized carbons (Fsp3) is 0.500. The lowest BCUT2D eigenvalue weighted by molar-refractivity contribution is -0.127. The van der Waals surface area contributed by atoms with Crippen LogP contribution in [0.3, 0.4) is 0 Å². The van der Waals surface area contributed by atoms with Gasteiger partial charge in [-0.1, -0.05) is 6.92 Å². The molecule has 20 heavy (non-hydrogen) atoms. The molecule has 0 aliphatic rings. The summed E-state index contributed by atoms with van der Waals surface area (Å²) in [5.74, 6) is -0.354. The number of carboxylic acid groups (broad SMARTS) is 1. The van der Waals surface area contributed by atoms with E-state index in [4.69, 9.17) is 5.11 Å². The first-order valence-corrected chi connectivity index (χ1v) is 6.51. The van der Waals surface area contributed by atoms with Gasteiger partial charge in [-0.2, -0.15) is 0 Å². The topological polar surface area (TPSA) is 73.7 Å². The summed E-state index contributed by atoms with van der Waals surface area (Å²) in [6.45, 7) is 4.76. The molecule has 110 valence electrons. The highest BCUT2D eigenvalue weighted by Gasteiger charge is 2.16. The number of carbonyl (C=O) groups excluding carboxylic acids is 1. The van der Waals surface area contributed by atoms with Crippen LogP contribution in [-0.2, 0) is 4.79 Å². The number of likely N-dealkylation sites (N-methyl/N-ethyl adjacent to an activating group) is 1. The molecule has 0 aliphatic carbocycles. The lowest BCUT2D eigenvalue weighted by Gasteiger charge is -2.25. The van der Waals surface area contributed by atoms with E-state index in [0.29, 0.717) is 12.4 Å². The number of nitrogens with zero attached hydrogens (tertiary/aromatic N) is 3. The van der Waals surface area contributed by atoms with Crippen LogP contribution in [0.25, 0.3) is 0 Å². The molecular formula is C14H21N3O3. The summed E-state index contributed by atoms with van der Waals surface area (Å²) in [6.07, 6.45) is 2.20. The fourth-order valence-electron chi connectivity index (χ4n) is 1.85. The smallest absolute Gasteiger partial charge is 0.337 e. The lowest BCUT2D eigenvalue weighted by Crippen LogP contribution is -2.38. The van der Waals surface area contributed by atoms with Crippen molar-refractivity contribution in [2.75, 3.05) is 32.1 Å².